The molecule has 0 saturated heterocycles. The molecule has 1 aliphatic carbocycles. The molecule has 0 radical (unpaired) electrons. The number of ether oxygens (including phenoxy) is 1. The standard InChI is InChI=1S/C25H30N2O5S/c1-3-13-27(15-23(28)29)24(30)22(12-14-33-2)26-25(31)32-16-21-19-10-6-4-8-17(19)18-9-5-7-11-20(18)21/h4-11,21-22H,3,12-16H2,1-2H3,(H,26,31)(H,28,29)/t22-/m1/s1. The van der Waals surface area contributed by atoms with Gasteiger partial charge < -0.3 is 20.1 Å². The first-order valence-electron chi connectivity index (χ1n) is 11.1. The first-order valence-corrected chi connectivity index (χ1v) is 12.5. The second kappa shape index (κ2) is 11.7. The van der Waals surface area contributed by atoms with Crippen LogP contribution in [0, 0.1) is 0 Å². The monoisotopic (exact) mass is 470 g/mol. The fraction of sp³-hybridized carbons (Fsp3) is 0.400. The summed E-state index contributed by atoms with van der Waals surface area (Å²) >= 11 is 1.55. The molecule has 2 aromatic rings. The lowest BCUT2D eigenvalue weighted by Gasteiger charge is -2.26. The van der Waals surface area contributed by atoms with Crippen LogP contribution >= 0.6 is 11.8 Å². The van der Waals surface area contributed by atoms with Gasteiger partial charge in [-0.2, -0.15) is 11.8 Å². The first kappa shape index (κ1) is 24.6. The van der Waals surface area contributed by atoms with Crippen molar-refractivity contribution >= 4 is 29.7 Å². The maximum Gasteiger partial charge on any atom is 0.407 e. The van der Waals surface area contributed by atoms with Gasteiger partial charge in [0.2, 0.25) is 5.91 Å². The molecule has 0 spiro atoms. The molecular formula is C25H30N2O5S. The zero-order chi connectivity index (χ0) is 23.8. The van der Waals surface area contributed by atoms with Crippen LogP contribution in [0.2, 0.25) is 0 Å². The number of benzene rings is 2. The number of amides is 2. The maximum atomic E-state index is 13.0. The van der Waals surface area contributed by atoms with Crippen molar-refractivity contribution in [2.45, 2.75) is 31.7 Å². The molecule has 0 heterocycles. The number of fused-ring (bicyclic) bond motifs is 3. The summed E-state index contributed by atoms with van der Waals surface area (Å²) in [5.41, 5.74) is 4.49. The number of hydrogen-bond acceptors (Lipinski definition) is 5. The van der Waals surface area contributed by atoms with Gasteiger partial charge >= 0.3 is 12.1 Å². The highest BCUT2D eigenvalue weighted by Gasteiger charge is 2.31. The van der Waals surface area contributed by atoms with Crippen LogP contribution in [0.25, 0.3) is 11.1 Å². The number of alkyl carbamates (subject to hydrolysis) is 1. The third-order valence-electron chi connectivity index (χ3n) is 5.68. The zero-order valence-corrected chi connectivity index (χ0v) is 19.8. The number of rotatable bonds is 11. The van der Waals surface area contributed by atoms with Crippen molar-refractivity contribution in [2.24, 2.45) is 0 Å². The van der Waals surface area contributed by atoms with Crippen LogP contribution in [0.3, 0.4) is 0 Å². The molecule has 1 aliphatic rings. The number of carbonyl (C=O) groups is 3. The summed E-state index contributed by atoms with van der Waals surface area (Å²) in [4.78, 5) is 38.1. The van der Waals surface area contributed by atoms with E-state index in [0.717, 1.165) is 22.3 Å². The predicted octanol–water partition coefficient (Wildman–Crippen LogP) is 3.97. The van der Waals surface area contributed by atoms with E-state index in [-0.39, 0.29) is 12.5 Å². The van der Waals surface area contributed by atoms with Crippen LogP contribution in [0.1, 0.15) is 36.8 Å². The SMILES string of the molecule is CCCN(CC(=O)O)C(=O)[C@@H](CCSC)NC(=O)OCC1c2ccccc2-c2ccccc21. The van der Waals surface area contributed by atoms with Gasteiger partial charge in [-0.05, 0) is 47.1 Å². The molecule has 0 aliphatic heterocycles. The van der Waals surface area contributed by atoms with Crippen molar-refractivity contribution in [3.63, 3.8) is 0 Å². The number of carboxylic acid groups (broad SMARTS) is 1. The van der Waals surface area contributed by atoms with Gasteiger partial charge in [-0.1, -0.05) is 55.5 Å². The van der Waals surface area contributed by atoms with E-state index in [1.165, 1.54) is 4.90 Å². The summed E-state index contributed by atoms with van der Waals surface area (Å²) in [5, 5.41) is 11.8. The summed E-state index contributed by atoms with van der Waals surface area (Å²) in [5.74, 6) is -0.914. The molecule has 1 atom stereocenters. The second-order valence-electron chi connectivity index (χ2n) is 7.96. The van der Waals surface area contributed by atoms with Crippen molar-refractivity contribution < 1.29 is 24.2 Å². The van der Waals surface area contributed by atoms with Gasteiger partial charge in [-0.3, -0.25) is 9.59 Å². The van der Waals surface area contributed by atoms with Crippen LogP contribution in [0.4, 0.5) is 4.79 Å². The minimum absolute atomic E-state index is 0.0768. The third-order valence-corrected chi connectivity index (χ3v) is 6.32. The van der Waals surface area contributed by atoms with E-state index in [2.05, 4.69) is 17.4 Å². The van der Waals surface area contributed by atoms with Crippen molar-refractivity contribution in [1.29, 1.82) is 0 Å². The Morgan fingerprint density at radius 3 is 2.24 bits per heavy atom. The first-order chi connectivity index (χ1) is 16.0. The van der Waals surface area contributed by atoms with Gasteiger partial charge in [0, 0.05) is 12.5 Å². The predicted molar refractivity (Wildman–Crippen MR) is 129 cm³/mol. The molecule has 3 rings (SSSR count). The Kier molecular flexibility index (Phi) is 8.77. The van der Waals surface area contributed by atoms with E-state index >= 15 is 0 Å². The summed E-state index contributed by atoms with van der Waals surface area (Å²) < 4.78 is 5.58. The number of nitrogens with zero attached hydrogens (tertiary/aromatic N) is 1. The Bertz CT molecular complexity index is 951. The molecule has 0 bridgehead atoms. The molecule has 0 fully saturated rings. The van der Waals surface area contributed by atoms with Crippen molar-refractivity contribution in [1.82, 2.24) is 10.2 Å². The van der Waals surface area contributed by atoms with Crippen LogP contribution in [-0.4, -0.2) is 65.7 Å². The van der Waals surface area contributed by atoms with Crippen LogP contribution in [0.5, 0.6) is 0 Å². The van der Waals surface area contributed by atoms with E-state index in [0.29, 0.717) is 25.1 Å². The van der Waals surface area contributed by atoms with Gasteiger partial charge in [0.05, 0.1) is 0 Å². The number of carbonyl (C=O) groups excluding carboxylic acids is 2. The quantitative estimate of drug-likeness (QED) is 0.516. The van der Waals surface area contributed by atoms with E-state index in [1.807, 2.05) is 49.6 Å². The van der Waals surface area contributed by atoms with Gasteiger partial charge in [-0.25, -0.2) is 4.79 Å². The molecule has 0 saturated carbocycles. The van der Waals surface area contributed by atoms with Crippen LogP contribution < -0.4 is 5.32 Å². The van der Waals surface area contributed by atoms with Gasteiger partial charge in [-0.15, -0.1) is 0 Å². The molecule has 0 aromatic heterocycles. The maximum absolute atomic E-state index is 13.0. The minimum atomic E-state index is -1.08. The highest BCUT2D eigenvalue weighted by Crippen LogP contribution is 2.44. The van der Waals surface area contributed by atoms with Gasteiger partial charge in [0.25, 0.3) is 0 Å². The fourth-order valence-corrected chi connectivity index (χ4v) is 4.67. The lowest BCUT2D eigenvalue weighted by molar-refractivity contribution is -0.145. The molecule has 2 aromatic carbocycles. The van der Waals surface area contributed by atoms with E-state index < -0.39 is 30.6 Å². The van der Waals surface area contributed by atoms with E-state index in [1.54, 1.807) is 11.8 Å². The zero-order valence-electron chi connectivity index (χ0n) is 19.0. The molecule has 0 unspecified atom stereocenters. The van der Waals surface area contributed by atoms with Crippen molar-refractivity contribution in [3.8, 4) is 11.1 Å². The highest BCUT2D eigenvalue weighted by atomic mass is 32.2. The Labute approximate surface area is 198 Å². The van der Waals surface area contributed by atoms with Gasteiger partial charge in [0.15, 0.2) is 0 Å². The summed E-state index contributed by atoms with van der Waals surface area (Å²) in [6, 6.07) is 15.3. The second-order valence-corrected chi connectivity index (χ2v) is 8.94. The molecule has 8 heteroatoms. The van der Waals surface area contributed by atoms with Crippen LogP contribution in [0.15, 0.2) is 48.5 Å². The number of aliphatic carboxylic acids is 1. The van der Waals surface area contributed by atoms with Crippen molar-refractivity contribution in [3.05, 3.63) is 59.7 Å². The minimum Gasteiger partial charge on any atom is -0.480 e. The molecule has 2 amide bonds. The topological polar surface area (TPSA) is 95.9 Å². The Morgan fingerprint density at radius 1 is 1.09 bits per heavy atom. The molecular weight excluding hydrogens is 440 g/mol. The van der Waals surface area contributed by atoms with E-state index in [9.17, 15) is 14.4 Å². The summed E-state index contributed by atoms with van der Waals surface area (Å²) in [6.45, 7) is 1.94. The summed E-state index contributed by atoms with van der Waals surface area (Å²) in [6.07, 6.45) is 2.25. The number of carboxylic acids is 1. The average Bonchev–Trinajstić information content (AvgIpc) is 3.13. The summed E-state index contributed by atoms with van der Waals surface area (Å²) in [7, 11) is 0. The fourth-order valence-electron chi connectivity index (χ4n) is 4.20. The Balaban J connectivity index is 1.68. The molecule has 7 nitrogen and oxygen atoms in total. The number of thioether (sulfide) groups is 1. The highest BCUT2D eigenvalue weighted by molar-refractivity contribution is 7.98. The third kappa shape index (κ3) is 6.07. The Morgan fingerprint density at radius 2 is 1.70 bits per heavy atom. The molecule has 176 valence electrons. The Hall–Kier alpha value is -3.00. The largest absolute Gasteiger partial charge is 0.480 e. The van der Waals surface area contributed by atoms with E-state index in [4.69, 9.17) is 9.84 Å². The molecule has 2 N–H and O–H groups in total. The van der Waals surface area contributed by atoms with Gasteiger partial charge in [0.1, 0.15) is 19.2 Å². The van der Waals surface area contributed by atoms with Crippen molar-refractivity contribution in [2.75, 3.05) is 31.7 Å². The number of hydrogen-bond donors (Lipinski definition) is 2. The number of nitrogens with one attached hydrogen (secondary N) is 1. The lowest BCUT2D eigenvalue weighted by Crippen LogP contribution is -2.50. The average molecular weight is 471 g/mol. The van der Waals surface area contributed by atoms with Crippen LogP contribution in [-0.2, 0) is 14.3 Å². The normalized spacial score (nSPS) is 13.0. The smallest absolute Gasteiger partial charge is 0.407 e. The lowest BCUT2D eigenvalue weighted by atomic mass is 9.98. The molecule has 33 heavy (non-hydrogen) atoms.